The summed E-state index contributed by atoms with van der Waals surface area (Å²) in [6.45, 7) is 11.7. The monoisotopic (exact) mass is 303 g/mol. The highest BCUT2D eigenvalue weighted by molar-refractivity contribution is 5.27. The minimum atomic E-state index is 0.0632. The molecule has 0 aliphatic carbocycles. The standard InChI is InChI=1S/C19H29NO2/c1-19(2,3)17-6-4-15(5-7-17)14-20-10-8-16(9-11-20)18-21-12-13-22-18/h4-7,16,18H,8-14H2,1-3H3. The quantitative estimate of drug-likeness (QED) is 0.852. The van der Waals surface area contributed by atoms with Gasteiger partial charge in [0.2, 0.25) is 0 Å². The number of hydrogen-bond donors (Lipinski definition) is 0. The van der Waals surface area contributed by atoms with Gasteiger partial charge >= 0.3 is 0 Å². The normalized spacial score (nSPS) is 22.3. The molecule has 2 aliphatic heterocycles. The van der Waals surface area contributed by atoms with Crippen molar-refractivity contribution in [3.63, 3.8) is 0 Å². The van der Waals surface area contributed by atoms with Gasteiger partial charge in [-0.1, -0.05) is 45.0 Å². The Labute approximate surface area is 134 Å². The molecule has 0 aromatic heterocycles. The molecular formula is C19H29NO2. The molecule has 0 saturated carbocycles. The predicted molar refractivity (Wildman–Crippen MR) is 88.8 cm³/mol. The van der Waals surface area contributed by atoms with Crippen molar-refractivity contribution >= 4 is 0 Å². The maximum Gasteiger partial charge on any atom is 0.160 e. The molecule has 0 atom stereocenters. The first kappa shape index (κ1) is 16.0. The molecule has 2 saturated heterocycles. The van der Waals surface area contributed by atoms with Gasteiger partial charge in [-0.05, 0) is 42.5 Å². The van der Waals surface area contributed by atoms with Crippen molar-refractivity contribution in [2.45, 2.75) is 51.9 Å². The van der Waals surface area contributed by atoms with E-state index in [0.29, 0.717) is 5.92 Å². The third kappa shape index (κ3) is 3.89. The number of piperidine rings is 1. The van der Waals surface area contributed by atoms with Crippen LogP contribution in [0.4, 0.5) is 0 Å². The molecule has 2 heterocycles. The van der Waals surface area contributed by atoms with Gasteiger partial charge in [0.05, 0.1) is 13.2 Å². The highest BCUT2D eigenvalue weighted by atomic mass is 16.7. The summed E-state index contributed by atoms with van der Waals surface area (Å²) in [6.07, 6.45) is 2.43. The second kappa shape index (κ2) is 6.69. The van der Waals surface area contributed by atoms with Crippen molar-refractivity contribution in [3.8, 4) is 0 Å². The first-order chi connectivity index (χ1) is 10.5. The fourth-order valence-corrected chi connectivity index (χ4v) is 3.40. The molecule has 1 aromatic carbocycles. The summed E-state index contributed by atoms with van der Waals surface area (Å²) in [5, 5.41) is 0. The van der Waals surface area contributed by atoms with Gasteiger partial charge in [0.1, 0.15) is 0 Å². The number of nitrogens with zero attached hydrogens (tertiary/aromatic N) is 1. The summed E-state index contributed by atoms with van der Waals surface area (Å²) in [7, 11) is 0. The number of likely N-dealkylation sites (tertiary alicyclic amines) is 1. The van der Waals surface area contributed by atoms with E-state index in [-0.39, 0.29) is 11.7 Å². The Hall–Kier alpha value is -0.900. The van der Waals surface area contributed by atoms with Crippen molar-refractivity contribution in [1.29, 1.82) is 0 Å². The lowest BCUT2D eigenvalue weighted by Crippen LogP contribution is -2.37. The van der Waals surface area contributed by atoms with Gasteiger partial charge in [-0.15, -0.1) is 0 Å². The van der Waals surface area contributed by atoms with Gasteiger partial charge in [-0.25, -0.2) is 0 Å². The minimum absolute atomic E-state index is 0.0632. The SMILES string of the molecule is CC(C)(C)c1ccc(CN2CCC(C3OCCO3)CC2)cc1. The summed E-state index contributed by atoms with van der Waals surface area (Å²) in [4.78, 5) is 2.55. The summed E-state index contributed by atoms with van der Waals surface area (Å²) in [5.41, 5.74) is 3.06. The largest absolute Gasteiger partial charge is 0.350 e. The van der Waals surface area contributed by atoms with Crippen LogP contribution in [-0.4, -0.2) is 37.5 Å². The molecule has 2 aliphatic rings. The zero-order chi connectivity index (χ0) is 15.6. The first-order valence-electron chi connectivity index (χ1n) is 8.57. The highest BCUT2D eigenvalue weighted by Gasteiger charge is 2.30. The van der Waals surface area contributed by atoms with Gasteiger partial charge in [-0.2, -0.15) is 0 Å². The van der Waals surface area contributed by atoms with Crippen LogP contribution in [0, 0.1) is 5.92 Å². The number of rotatable bonds is 3. The van der Waals surface area contributed by atoms with Crippen molar-refractivity contribution in [2.75, 3.05) is 26.3 Å². The maximum atomic E-state index is 5.65. The molecule has 22 heavy (non-hydrogen) atoms. The third-order valence-electron chi connectivity index (χ3n) is 4.89. The Balaban J connectivity index is 1.50. The van der Waals surface area contributed by atoms with E-state index in [1.807, 2.05) is 0 Å². The van der Waals surface area contributed by atoms with E-state index < -0.39 is 0 Å². The van der Waals surface area contributed by atoms with Gasteiger partial charge in [0, 0.05) is 12.5 Å². The van der Waals surface area contributed by atoms with E-state index in [9.17, 15) is 0 Å². The predicted octanol–water partition coefficient (Wildman–Crippen LogP) is 3.57. The van der Waals surface area contributed by atoms with Crippen LogP contribution in [0.1, 0.15) is 44.7 Å². The van der Waals surface area contributed by atoms with Crippen molar-refractivity contribution in [2.24, 2.45) is 5.92 Å². The fourth-order valence-electron chi connectivity index (χ4n) is 3.40. The van der Waals surface area contributed by atoms with Crippen LogP contribution < -0.4 is 0 Å². The van der Waals surface area contributed by atoms with E-state index in [1.165, 1.54) is 24.0 Å². The molecule has 3 rings (SSSR count). The molecule has 0 bridgehead atoms. The lowest BCUT2D eigenvalue weighted by atomic mass is 9.86. The molecule has 3 heteroatoms. The van der Waals surface area contributed by atoms with E-state index in [4.69, 9.17) is 9.47 Å². The van der Waals surface area contributed by atoms with Crippen molar-refractivity contribution < 1.29 is 9.47 Å². The average Bonchev–Trinajstić information content (AvgIpc) is 3.02. The van der Waals surface area contributed by atoms with Crippen LogP contribution in [-0.2, 0) is 21.4 Å². The van der Waals surface area contributed by atoms with Crippen LogP contribution in [0.15, 0.2) is 24.3 Å². The van der Waals surface area contributed by atoms with Crippen LogP contribution in [0.25, 0.3) is 0 Å². The Morgan fingerprint density at radius 3 is 2.14 bits per heavy atom. The van der Waals surface area contributed by atoms with Crippen molar-refractivity contribution in [1.82, 2.24) is 4.90 Å². The maximum absolute atomic E-state index is 5.65. The molecule has 122 valence electrons. The van der Waals surface area contributed by atoms with Gasteiger partial charge in [0.25, 0.3) is 0 Å². The molecule has 3 nitrogen and oxygen atoms in total. The van der Waals surface area contributed by atoms with Gasteiger partial charge in [0.15, 0.2) is 6.29 Å². The van der Waals surface area contributed by atoms with Crippen LogP contribution in [0.2, 0.25) is 0 Å². The highest BCUT2D eigenvalue weighted by Crippen LogP contribution is 2.27. The minimum Gasteiger partial charge on any atom is -0.350 e. The van der Waals surface area contributed by atoms with Crippen molar-refractivity contribution in [3.05, 3.63) is 35.4 Å². The van der Waals surface area contributed by atoms with Crippen LogP contribution in [0.3, 0.4) is 0 Å². The zero-order valence-corrected chi connectivity index (χ0v) is 14.2. The van der Waals surface area contributed by atoms with E-state index in [1.54, 1.807) is 0 Å². The number of hydrogen-bond acceptors (Lipinski definition) is 3. The third-order valence-corrected chi connectivity index (χ3v) is 4.89. The van der Waals surface area contributed by atoms with Crippen LogP contribution in [0.5, 0.6) is 0 Å². The Morgan fingerprint density at radius 2 is 1.59 bits per heavy atom. The van der Waals surface area contributed by atoms with Crippen LogP contribution >= 0.6 is 0 Å². The summed E-state index contributed by atoms with van der Waals surface area (Å²) < 4.78 is 11.3. The topological polar surface area (TPSA) is 21.7 Å². The summed E-state index contributed by atoms with van der Waals surface area (Å²) >= 11 is 0. The summed E-state index contributed by atoms with van der Waals surface area (Å²) in [6, 6.07) is 9.14. The molecule has 0 unspecified atom stereocenters. The molecule has 0 radical (unpaired) electrons. The number of ether oxygens (including phenoxy) is 2. The lowest BCUT2D eigenvalue weighted by molar-refractivity contribution is -0.0977. The van der Waals surface area contributed by atoms with Gasteiger partial charge in [-0.3, -0.25) is 4.90 Å². The summed E-state index contributed by atoms with van der Waals surface area (Å²) in [5.74, 6) is 0.585. The first-order valence-corrected chi connectivity index (χ1v) is 8.57. The second-order valence-electron chi connectivity index (χ2n) is 7.67. The molecule has 0 spiro atoms. The Kier molecular flexibility index (Phi) is 4.86. The number of benzene rings is 1. The molecule has 0 amide bonds. The molecule has 2 fully saturated rings. The second-order valence-corrected chi connectivity index (χ2v) is 7.67. The lowest BCUT2D eigenvalue weighted by Gasteiger charge is -2.33. The van der Waals surface area contributed by atoms with E-state index >= 15 is 0 Å². The Bertz CT molecular complexity index is 463. The smallest absolute Gasteiger partial charge is 0.160 e. The van der Waals surface area contributed by atoms with E-state index in [0.717, 1.165) is 32.8 Å². The molecule has 0 N–H and O–H groups in total. The average molecular weight is 303 g/mol. The molecular weight excluding hydrogens is 274 g/mol. The zero-order valence-electron chi connectivity index (χ0n) is 14.2. The van der Waals surface area contributed by atoms with Gasteiger partial charge < -0.3 is 9.47 Å². The molecule has 1 aromatic rings. The fraction of sp³-hybridized carbons (Fsp3) is 0.684. The van der Waals surface area contributed by atoms with E-state index in [2.05, 4.69) is 49.9 Å². The Morgan fingerprint density at radius 1 is 1.00 bits per heavy atom.